The Balaban J connectivity index is 2.77. The Morgan fingerprint density at radius 2 is 1.75 bits per heavy atom. The molecule has 0 fully saturated rings. The van der Waals surface area contributed by atoms with Gasteiger partial charge in [0, 0.05) is 5.41 Å². The lowest BCUT2D eigenvalue weighted by atomic mass is 9.80. The lowest BCUT2D eigenvalue weighted by Crippen LogP contribution is -2.16. The molecule has 2 rings (SSSR count). The van der Waals surface area contributed by atoms with Crippen LogP contribution in [0.1, 0.15) is 38.8 Å². The van der Waals surface area contributed by atoms with Crippen molar-refractivity contribution in [2.75, 3.05) is 0 Å². The predicted octanol–water partition coefficient (Wildman–Crippen LogP) is 4.36. The molecular weight excluding hydrogens is 244 g/mol. The highest BCUT2D eigenvalue weighted by Crippen LogP contribution is 2.49. The predicted molar refractivity (Wildman–Crippen MR) is 80.5 cm³/mol. The molecule has 0 aliphatic heterocycles. The molecule has 2 heteroatoms. The van der Waals surface area contributed by atoms with Crippen LogP contribution in [0, 0.1) is 28.6 Å². The summed E-state index contributed by atoms with van der Waals surface area (Å²) in [5.41, 5.74) is 4.84. The van der Waals surface area contributed by atoms with Gasteiger partial charge in [0.05, 0.1) is 0 Å². The van der Waals surface area contributed by atoms with Gasteiger partial charge in [-0.1, -0.05) is 52.0 Å². The van der Waals surface area contributed by atoms with E-state index in [0.717, 1.165) is 5.57 Å². The molecule has 1 aromatic carbocycles. The van der Waals surface area contributed by atoms with Gasteiger partial charge in [-0.3, -0.25) is 0 Å². The van der Waals surface area contributed by atoms with Crippen molar-refractivity contribution in [1.29, 1.82) is 10.5 Å². The van der Waals surface area contributed by atoms with E-state index in [1.807, 2.05) is 24.3 Å². The molecule has 0 amide bonds. The summed E-state index contributed by atoms with van der Waals surface area (Å²) < 4.78 is 0. The lowest BCUT2D eigenvalue weighted by Gasteiger charge is -2.23. The summed E-state index contributed by atoms with van der Waals surface area (Å²) in [4.78, 5) is 0. The fourth-order valence-corrected chi connectivity index (χ4v) is 3.00. The summed E-state index contributed by atoms with van der Waals surface area (Å²) >= 11 is 0. The van der Waals surface area contributed by atoms with Gasteiger partial charge in [0.25, 0.3) is 0 Å². The maximum atomic E-state index is 9.04. The van der Waals surface area contributed by atoms with Crippen LogP contribution in [0.3, 0.4) is 0 Å². The van der Waals surface area contributed by atoms with Gasteiger partial charge in [-0.05, 0) is 34.3 Å². The highest BCUT2D eigenvalue weighted by molar-refractivity contribution is 5.83. The summed E-state index contributed by atoms with van der Waals surface area (Å²) in [5.74, 6) is 0.350. The normalized spacial score (nSPS) is 15.6. The topological polar surface area (TPSA) is 47.6 Å². The molecule has 0 saturated heterocycles. The molecule has 0 N–H and O–H groups in total. The van der Waals surface area contributed by atoms with Crippen LogP contribution in [-0.2, 0) is 5.41 Å². The first kappa shape index (κ1) is 14.1. The van der Waals surface area contributed by atoms with Crippen LogP contribution in [0.25, 0.3) is 5.57 Å². The summed E-state index contributed by atoms with van der Waals surface area (Å²) in [5, 5.41) is 18.1. The van der Waals surface area contributed by atoms with E-state index in [4.69, 9.17) is 10.5 Å². The first-order valence-electron chi connectivity index (χ1n) is 6.80. The first-order chi connectivity index (χ1) is 9.43. The lowest BCUT2D eigenvalue weighted by molar-refractivity contribution is 0.651. The van der Waals surface area contributed by atoms with Crippen LogP contribution in [0.4, 0.5) is 0 Å². The molecule has 20 heavy (non-hydrogen) atoms. The maximum absolute atomic E-state index is 9.04. The maximum Gasteiger partial charge on any atom is 0.129 e. The zero-order valence-electron chi connectivity index (χ0n) is 12.4. The molecular formula is C18H18N2. The van der Waals surface area contributed by atoms with Gasteiger partial charge in [0.15, 0.2) is 0 Å². The molecule has 0 heterocycles. The number of hydrogen-bond acceptors (Lipinski definition) is 2. The average molecular weight is 262 g/mol. The zero-order valence-corrected chi connectivity index (χ0v) is 12.4. The number of benzene rings is 1. The van der Waals surface area contributed by atoms with Crippen LogP contribution in [-0.4, -0.2) is 0 Å². The molecule has 0 aromatic heterocycles. The Labute approximate surface area is 120 Å². The third kappa shape index (κ3) is 2.04. The highest BCUT2D eigenvalue weighted by atomic mass is 14.4. The number of hydrogen-bond donors (Lipinski definition) is 0. The highest BCUT2D eigenvalue weighted by Gasteiger charge is 2.37. The van der Waals surface area contributed by atoms with E-state index in [1.54, 1.807) is 6.08 Å². The SMILES string of the molecule is CC(C)C1=C(C=C(C#N)C#N)C(C)(C)c2ccccc21. The molecule has 1 aliphatic rings. The van der Waals surface area contributed by atoms with Crippen molar-refractivity contribution in [3.63, 3.8) is 0 Å². The van der Waals surface area contributed by atoms with Crippen LogP contribution < -0.4 is 0 Å². The van der Waals surface area contributed by atoms with Crippen molar-refractivity contribution in [2.24, 2.45) is 5.92 Å². The third-order valence-electron chi connectivity index (χ3n) is 3.96. The van der Waals surface area contributed by atoms with E-state index in [-0.39, 0.29) is 11.0 Å². The smallest absolute Gasteiger partial charge is 0.129 e. The molecule has 100 valence electrons. The second-order valence-electron chi connectivity index (χ2n) is 5.93. The summed E-state index contributed by atoms with van der Waals surface area (Å²) in [6.07, 6.45) is 1.76. The second-order valence-corrected chi connectivity index (χ2v) is 5.93. The number of nitriles is 2. The van der Waals surface area contributed by atoms with E-state index in [2.05, 4.69) is 39.8 Å². The minimum Gasteiger partial charge on any atom is -0.192 e. The third-order valence-corrected chi connectivity index (χ3v) is 3.96. The van der Waals surface area contributed by atoms with Crippen molar-refractivity contribution in [2.45, 2.75) is 33.1 Å². The Kier molecular flexibility index (Phi) is 3.51. The van der Waals surface area contributed by atoms with Crippen molar-refractivity contribution >= 4 is 5.57 Å². The van der Waals surface area contributed by atoms with E-state index < -0.39 is 0 Å². The fraction of sp³-hybridized carbons (Fsp3) is 0.333. The monoisotopic (exact) mass is 262 g/mol. The van der Waals surface area contributed by atoms with Crippen LogP contribution in [0.15, 0.2) is 41.5 Å². The minimum atomic E-state index is -0.171. The number of nitrogens with zero attached hydrogens (tertiary/aromatic N) is 2. The molecule has 0 atom stereocenters. The molecule has 0 radical (unpaired) electrons. The van der Waals surface area contributed by atoms with Crippen LogP contribution in [0.2, 0.25) is 0 Å². The zero-order chi connectivity index (χ0) is 14.9. The fourth-order valence-electron chi connectivity index (χ4n) is 3.00. The van der Waals surface area contributed by atoms with Gasteiger partial charge in [-0.15, -0.1) is 0 Å². The Hall–Kier alpha value is -2.32. The summed E-state index contributed by atoms with van der Waals surface area (Å²) in [7, 11) is 0. The average Bonchev–Trinajstić information content (AvgIpc) is 2.64. The minimum absolute atomic E-state index is 0.166. The van der Waals surface area contributed by atoms with E-state index >= 15 is 0 Å². The van der Waals surface area contributed by atoms with E-state index in [0.29, 0.717) is 5.92 Å². The van der Waals surface area contributed by atoms with Crippen molar-refractivity contribution in [1.82, 2.24) is 0 Å². The van der Waals surface area contributed by atoms with E-state index in [1.165, 1.54) is 16.7 Å². The molecule has 0 saturated carbocycles. The molecule has 1 aliphatic carbocycles. The Bertz CT molecular complexity index is 673. The van der Waals surface area contributed by atoms with Crippen LogP contribution in [0.5, 0.6) is 0 Å². The number of rotatable bonds is 2. The molecule has 0 spiro atoms. The van der Waals surface area contributed by atoms with Gasteiger partial charge in [0.1, 0.15) is 17.7 Å². The van der Waals surface area contributed by atoms with Crippen molar-refractivity contribution in [3.05, 3.63) is 52.6 Å². The summed E-state index contributed by atoms with van der Waals surface area (Å²) in [6, 6.07) is 12.3. The van der Waals surface area contributed by atoms with Crippen LogP contribution >= 0.6 is 0 Å². The van der Waals surface area contributed by atoms with Gasteiger partial charge < -0.3 is 0 Å². The first-order valence-corrected chi connectivity index (χ1v) is 6.80. The van der Waals surface area contributed by atoms with Crippen molar-refractivity contribution in [3.8, 4) is 12.1 Å². The van der Waals surface area contributed by atoms with Gasteiger partial charge in [-0.25, -0.2) is 0 Å². The van der Waals surface area contributed by atoms with Gasteiger partial charge >= 0.3 is 0 Å². The standard InChI is InChI=1S/C18H18N2/c1-12(2)17-14-7-5-6-8-15(14)18(3,4)16(17)9-13(10-19)11-20/h5-9,12H,1-4H3. The quantitative estimate of drug-likeness (QED) is 0.743. The largest absolute Gasteiger partial charge is 0.192 e. The number of allylic oxidation sites excluding steroid dienone is 4. The van der Waals surface area contributed by atoms with Crippen molar-refractivity contribution < 1.29 is 0 Å². The molecule has 0 unspecified atom stereocenters. The van der Waals surface area contributed by atoms with Gasteiger partial charge in [0.2, 0.25) is 0 Å². The molecule has 0 bridgehead atoms. The molecule has 2 nitrogen and oxygen atoms in total. The molecule has 1 aromatic rings. The second kappa shape index (κ2) is 4.99. The van der Waals surface area contributed by atoms with E-state index in [9.17, 15) is 0 Å². The Morgan fingerprint density at radius 1 is 1.15 bits per heavy atom. The van der Waals surface area contributed by atoms with Gasteiger partial charge in [-0.2, -0.15) is 10.5 Å². The summed E-state index contributed by atoms with van der Waals surface area (Å²) in [6.45, 7) is 8.61. The Morgan fingerprint density at radius 3 is 2.30 bits per heavy atom. The number of fused-ring (bicyclic) bond motifs is 1.